The lowest BCUT2D eigenvalue weighted by atomic mass is 9.78. The first-order valence-corrected chi connectivity index (χ1v) is 4.89. The molecule has 2 heteroatoms. The van der Waals surface area contributed by atoms with E-state index in [1.807, 2.05) is 0 Å². The maximum atomic E-state index is 10.3. The Bertz CT molecular complexity index is 145. The van der Waals surface area contributed by atoms with Crippen molar-refractivity contribution in [1.82, 2.24) is 0 Å². The predicted molar refractivity (Wildman–Crippen MR) is 47.8 cm³/mol. The summed E-state index contributed by atoms with van der Waals surface area (Å²) in [4.78, 5) is 10.3. The van der Waals surface area contributed by atoms with Crippen molar-refractivity contribution in [1.29, 1.82) is 0 Å². The van der Waals surface area contributed by atoms with E-state index in [0.29, 0.717) is 12.3 Å². The summed E-state index contributed by atoms with van der Waals surface area (Å²) in [5.74, 6) is 0.924. The third-order valence-corrected chi connectivity index (χ3v) is 3.04. The minimum atomic E-state index is -0.228. The second-order valence-electron chi connectivity index (χ2n) is 3.82. The van der Waals surface area contributed by atoms with Gasteiger partial charge in [-0.1, -0.05) is 13.3 Å². The van der Waals surface area contributed by atoms with Gasteiger partial charge in [0.25, 0.3) is 0 Å². The molecule has 1 N–H and O–H groups in total. The first-order valence-electron chi connectivity index (χ1n) is 4.89. The molecular weight excluding hydrogens is 152 g/mol. The van der Waals surface area contributed by atoms with Crippen molar-refractivity contribution in [3.8, 4) is 0 Å². The van der Waals surface area contributed by atoms with Crippen LogP contribution in [0.5, 0.6) is 0 Å². The van der Waals surface area contributed by atoms with Crippen LogP contribution in [0.2, 0.25) is 0 Å². The van der Waals surface area contributed by atoms with E-state index >= 15 is 0 Å². The van der Waals surface area contributed by atoms with E-state index in [9.17, 15) is 9.90 Å². The molecule has 2 nitrogen and oxygen atoms in total. The van der Waals surface area contributed by atoms with Crippen molar-refractivity contribution in [2.75, 3.05) is 0 Å². The van der Waals surface area contributed by atoms with Crippen LogP contribution >= 0.6 is 0 Å². The highest BCUT2D eigenvalue weighted by Gasteiger charge is 2.27. The predicted octanol–water partition coefficient (Wildman–Crippen LogP) is 1.76. The maximum Gasteiger partial charge on any atom is 0.120 e. The zero-order valence-corrected chi connectivity index (χ0v) is 7.70. The molecule has 1 aliphatic carbocycles. The van der Waals surface area contributed by atoms with Crippen LogP contribution in [0, 0.1) is 11.8 Å². The first kappa shape index (κ1) is 9.72. The number of aldehydes is 1. The fourth-order valence-corrected chi connectivity index (χ4v) is 2.06. The van der Waals surface area contributed by atoms with Crippen molar-refractivity contribution in [3.63, 3.8) is 0 Å². The molecule has 0 spiro atoms. The maximum absolute atomic E-state index is 10.3. The fraction of sp³-hybridized carbons (Fsp3) is 0.900. The highest BCUT2D eigenvalue weighted by atomic mass is 16.3. The van der Waals surface area contributed by atoms with Gasteiger partial charge in [0.1, 0.15) is 6.29 Å². The zero-order chi connectivity index (χ0) is 8.97. The SMILES string of the molecule is CCC1CCC(CC=O)C(O)C1. The van der Waals surface area contributed by atoms with E-state index < -0.39 is 0 Å². The molecule has 70 valence electrons. The van der Waals surface area contributed by atoms with Gasteiger partial charge in [-0.05, 0) is 31.1 Å². The van der Waals surface area contributed by atoms with Gasteiger partial charge in [-0.3, -0.25) is 0 Å². The summed E-state index contributed by atoms with van der Waals surface area (Å²) >= 11 is 0. The van der Waals surface area contributed by atoms with Crippen LogP contribution in [0.15, 0.2) is 0 Å². The van der Waals surface area contributed by atoms with E-state index in [2.05, 4.69) is 6.92 Å². The van der Waals surface area contributed by atoms with Crippen molar-refractivity contribution in [3.05, 3.63) is 0 Å². The molecule has 1 fully saturated rings. The van der Waals surface area contributed by atoms with Crippen LogP contribution in [-0.2, 0) is 4.79 Å². The van der Waals surface area contributed by atoms with Crippen molar-refractivity contribution < 1.29 is 9.90 Å². The van der Waals surface area contributed by atoms with Gasteiger partial charge in [0.2, 0.25) is 0 Å². The van der Waals surface area contributed by atoms with Gasteiger partial charge in [-0.15, -0.1) is 0 Å². The van der Waals surface area contributed by atoms with E-state index in [0.717, 1.165) is 25.5 Å². The molecule has 0 aromatic carbocycles. The number of aliphatic hydroxyl groups excluding tert-OH is 1. The minimum absolute atomic E-state index is 0.228. The van der Waals surface area contributed by atoms with Gasteiger partial charge in [-0.25, -0.2) is 0 Å². The molecule has 1 saturated carbocycles. The quantitative estimate of drug-likeness (QED) is 0.655. The lowest BCUT2D eigenvalue weighted by Crippen LogP contribution is -2.29. The summed E-state index contributed by atoms with van der Waals surface area (Å²) < 4.78 is 0. The first-order chi connectivity index (χ1) is 5.77. The average molecular weight is 170 g/mol. The lowest BCUT2D eigenvalue weighted by Gasteiger charge is -2.31. The molecule has 1 aliphatic rings. The number of carbonyl (C=O) groups is 1. The van der Waals surface area contributed by atoms with Crippen LogP contribution in [-0.4, -0.2) is 17.5 Å². The normalized spacial score (nSPS) is 36.3. The molecule has 0 radical (unpaired) electrons. The number of carbonyl (C=O) groups excluding carboxylic acids is 1. The topological polar surface area (TPSA) is 37.3 Å². The molecule has 0 amide bonds. The molecular formula is C10H18O2. The van der Waals surface area contributed by atoms with Gasteiger partial charge < -0.3 is 9.90 Å². The summed E-state index contributed by atoms with van der Waals surface area (Å²) in [5.41, 5.74) is 0. The van der Waals surface area contributed by atoms with Gasteiger partial charge in [0.05, 0.1) is 6.10 Å². The molecule has 12 heavy (non-hydrogen) atoms. The fourth-order valence-electron chi connectivity index (χ4n) is 2.06. The molecule has 0 bridgehead atoms. The van der Waals surface area contributed by atoms with E-state index in [1.165, 1.54) is 6.42 Å². The van der Waals surface area contributed by atoms with Gasteiger partial charge >= 0.3 is 0 Å². The Kier molecular flexibility index (Phi) is 3.73. The molecule has 3 unspecified atom stereocenters. The lowest BCUT2D eigenvalue weighted by molar-refractivity contribution is -0.110. The number of aliphatic hydroxyl groups is 1. The molecule has 0 heterocycles. The standard InChI is InChI=1S/C10H18O2/c1-2-8-3-4-9(5-6-11)10(12)7-8/h6,8-10,12H,2-5,7H2,1H3. The smallest absolute Gasteiger partial charge is 0.120 e. The summed E-state index contributed by atoms with van der Waals surface area (Å²) in [6, 6.07) is 0. The summed E-state index contributed by atoms with van der Waals surface area (Å²) in [5, 5.41) is 9.64. The average Bonchev–Trinajstić information content (AvgIpc) is 2.09. The van der Waals surface area contributed by atoms with Gasteiger partial charge in [0.15, 0.2) is 0 Å². The highest BCUT2D eigenvalue weighted by Crippen LogP contribution is 2.32. The highest BCUT2D eigenvalue weighted by molar-refractivity contribution is 5.49. The Labute approximate surface area is 74.0 Å². The third-order valence-electron chi connectivity index (χ3n) is 3.04. The summed E-state index contributed by atoms with van der Waals surface area (Å²) in [7, 11) is 0. The minimum Gasteiger partial charge on any atom is -0.393 e. The summed E-state index contributed by atoms with van der Waals surface area (Å²) in [6.07, 6.45) is 5.51. The largest absolute Gasteiger partial charge is 0.393 e. The second-order valence-corrected chi connectivity index (χ2v) is 3.82. The molecule has 1 rings (SSSR count). The van der Waals surface area contributed by atoms with Crippen molar-refractivity contribution in [2.24, 2.45) is 11.8 Å². The van der Waals surface area contributed by atoms with Crippen LogP contribution < -0.4 is 0 Å². The molecule has 0 aromatic rings. The Morgan fingerprint density at radius 3 is 2.75 bits per heavy atom. The molecule has 0 aromatic heterocycles. The van der Waals surface area contributed by atoms with Crippen LogP contribution in [0.25, 0.3) is 0 Å². The third kappa shape index (κ3) is 2.31. The Hall–Kier alpha value is -0.370. The van der Waals surface area contributed by atoms with Crippen molar-refractivity contribution >= 4 is 6.29 Å². The van der Waals surface area contributed by atoms with E-state index in [4.69, 9.17) is 0 Å². The number of rotatable bonds is 3. The molecule has 3 atom stereocenters. The Morgan fingerprint density at radius 1 is 1.50 bits per heavy atom. The Balaban J connectivity index is 2.36. The van der Waals surface area contributed by atoms with Crippen LogP contribution in [0.3, 0.4) is 0 Å². The van der Waals surface area contributed by atoms with E-state index in [1.54, 1.807) is 0 Å². The van der Waals surface area contributed by atoms with Gasteiger partial charge in [0, 0.05) is 6.42 Å². The van der Waals surface area contributed by atoms with Crippen LogP contribution in [0.4, 0.5) is 0 Å². The monoisotopic (exact) mass is 170 g/mol. The van der Waals surface area contributed by atoms with Gasteiger partial charge in [-0.2, -0.15) is 0 Å². The number of hydrogen-bond donors (Lipinski definition) is 1. The Morgan fingerprint density at radius 2 is 2.25 bits per heavy atom. The summed E-state index contributed by atoms with van der Waals surface area (Å²) in [6.45, 7) is 2.16. The van der Waals surface area contributed by atoms with Crippen LogP contribution in [0.1, 0.15) is 39.0 Å². The second kappa shape index (κ2) is 4.61. The number of hydrogen-bond acceptors (Lipinski definition) is 2. The van der Waals surface area contributed by atoms with Crippen molar-refractivity contribution in [2.45, 2.75) is 45.1 Å². The zero-order valence-electron chi connectivity index (χ0n) is 7.70. The molecule has 0 aliphatic heterocycles. The molecule has 0 saturated heterocycles. The van der Waals surface area contributed by atoms with E-state index in [-0.39, 0.29) is 12.0 Å².